The molecule has 2 rings (SSSR count). The predicted molar refractivity (Wildman–Crippen MR) is 71.4 cm³/mol. The quantitative estimate of drug-likeness (QED) is 0.634. The fourth-order valence-electron chi connectivity index (χ4n) is 1.53. The fourth-order valence-corrected chi connectivity index (χ4v) is 1.70. The number of aryl methyl sites for hydroxylation is 1. The lowest BCUT2D eigenvalue weighted by molar-refractivity contribution is -0.384. The minimum atomic E-state index is -0.491. The van der Waals surface area contributed by atoms with Gasteiger partial charge < -0.3 is 4.74 Å². The first-order valence-electron chi connectivity index (χ1n) is 5.55. The number of halogens is 1. The summed E-state index contributed by atoms with van der Waals surface area (Å²) in [6.07, 6.45) is 1.67. The van der Waals surface area contributed by atoms with Gasteiger partial charge in [-0.1, -0.05) is 17.7 Å². The molecule has 0 unspecified atom stereocenters. The zero-order valence-corrected chi connectivity index (χ0v) is 10.9. The highest BCUT2D eigenvalue weighted by molar-refractivity contribution is 6.32. The van der Waals surface area contributed by atoms with Gasteiger partial charge in [-0.25, -0.2) is 0 Å². The van der Waals surface area contributed by atoms with Gasteiger partial charge in [-0.2, -0.15) is 0 Å². The van der Waals surface area contributed by atoms with E-state index in [4.69, 9.17) is 16.3 Å². The monoisotopic (exact) mass is 278 g/mol. The van der Waals surface area contributed by atoms with E-state index in [1.807, 2.05) is 19.1 Å². The molecule has 0 N–H and O–H groups in total. The summed E-state index contributed by atoms with van der Waals surface area (Å²) in [4.78, 5) is 14.4. The first-order chi connectivity index (χ1) is 9.08. The summed E-state index contributed by atoms with van der Waals surface area (Å²) in [5.74, 6) is 0.279. The standard InChI is InChI=1S/C13H11ClN2O3/c1-9-3-2-6-15-12(9)8-19-13-7-10(16(17)18)4-5-11(13)14/h2-7H,8H2,1H3. The Balaban J connectivity index is 2.17. The smallest absolute Gasteiger partial charge is 0.273 e. The number of aromatic nitrogens is 1. The number of hydrogen-bond acceptors (Lipinski definition) is 4. The Bertz CT molecular complexity index is 617. The molecule has 0 aliphatic carbocycles. The first kappa shape index (κ1) is 13.3. The van der Waals surface area contributed by atoms with Crippen molar-refractivity contribution in [2.45, 2.75) is 13.5 Å². The van der Waals surface area contributed by atoms with Crippen LogP contribution in [0.2, 0.25) is 5.02 Å². The van der Waals surface area contributed by atoms with Crippen LogP contribution in [0.5, 0.6) is 5.75 Å². The van der Waals surface area contributed by atoms with Crippen LogP contribution in [0.25, 0.3) is 0 Å². The summed E-state index contributed by atoms with van der Waals surface area (Å²) in [6.45, 7) is 2.13. The SMILES string of the molecule is Cc1cccnc1COc1cc([N+](=O)[O-])ccc1Cl. The van der Waals surface area contributed by atoms with Crippen molar-refractivity contribution in [3.05, 3.63) is 62.9 Å². The summed E-state index contributed by atoms with van der Waals surface area (Å²) < 4.78 is 5.50. The molecule has 1 aromatic carbocycles. The molecule has 19 heavy (non-hydrogen) atoms. The molecule has 0 atom stereocenters. The maximum absolute atomic E-state index is 10.7. The topological polar surface area (TPSA) is 65.3 Å². The van der Waals surface area contributed by atoms with E-state index in [1.165, 1.54) is 18.2 Å². The van der Waals surface area contributed by atoms with Crippen molar-refractivity contribution < 1.29 is 9.66 Å². The predicted octanol–water partition coefficient (Wildman–Crippen LogP) is 3.53. The van der Waals surface area contributed by atoms with Crippen LogP contribution in [-0.4, -0.2) is 9.91 Å². The molecular formula is C13H11ClN2O3. The molecule has 0 spiro atoms. The number of non-ortho nitro benzene ring substituents is 1. The normalized spacial score (nSPS) is 10.2. The Morgan fingerprint density at radius 1 is 1.42 bits per heavy atom. The Kier molecular flexibility index (Phi) is 3.97. The molecule has 0 fully saturated rings. The van der Waals surface area contributed by atoms with E-state index < -0.39 is 4.92 Å². The van der Waals surface area contributed by atoms with Crippen LogP contribution in [-0.2, 0) is 6.61 Å². The number of nitro groups is 1. The number of pyridine rings is 1. The number of nitrogens with zero attached hydrogens (tertiary/aromatic N) is 2. The summed E-state index contributed by atoms with van der Waals surface area (Å²) in [6, 6.07) is 7.84. The van der Waals surface area contributed by atoms with E-state index in [0.717, 1.165) is 11.3 Å². The number of nitro benzene ring substituents is 1. The van der Waals surface area contributed by atoms with Gasteiger partial charge in [0.2, 0.25) is 0 Å². The van der Waals surface area contributed by atoms with Gasteiger partial charge in [-0.05, 0) is 24.6 Å². The van der Waals surface area contributed by atoms with Crippen LogP contribution in [0.15, 0.2) is 36.5 Å². The average molecular weight is 279 g/mol. The van der Waals surface area contributed by atoms with Crippen LogP contribution in [0.4, 0.5) is 5.69 Å². The molecule has 0 saturated heterocycles. The van der Waals surface area contributed by atoms with Crippen LogP contribution in [0.1, 0.15) is 11.3 Å². The zero-order valence-electron chi connectivity index (χ0n) is 10.2. The number of rotatable bonds is 4. The highest BCUT2D eigenvalue weighted by atomic mass is 35.5. The summed E-state index contributed by atoms with van der Waals surface area (Å²) in [7, 11) is 0. The second-order valence-corrected chi connectivity index (χ2v) is 4.33. The fraction of sp³-hybridized carbons (Fsp3) is 0.154. The molecule has 0 aliphatic rings. The molecule has 0 bridgehead atoms. The molecule has 1 heterocycles. The van der Waals surface area contributed by atoms with E-state index in [2.05, 4.69) is 4.98 Å². The molecular weight excluding hydrogens is 268 g/mol. The van der Waals surface area contributed by atoms with E-state index >= 15 is 0 Å². The first-order valence-corrected chi connectivity index (χ1v) is 5.93. The van der Waals surface area contributed by atoms with Gasteiger partial charge in [0, 0.05) is 12.3 Å². The zero-order chi connectivity index (χ0) is 13.8. The van der Waals surface area contributed by atoms with Crippen molar-refractivity contribution >= 4 is 17.3 Å². The number of hydrogen-bond donors (Lipinski definition) is 0. The van der Waals surface area contributed by atoms with E-state index in [9.17, 15) is 10.1 Å². The Labute approximate surface area is 115 Å². The second kappa shape index (κ2) is 5.67. The van der Waals surface area contributed by atoms with Crippen molar-refractivity contribution in [1.29, 1.82) is 0 Å². The molecule has 0 saturated carbocycles. The lowest BCUT2D eigenvalue weighted by Gasteiger charge is -2.08. The third-order valence-electron chi connectivity index (χ3n) is 2.61. The summed E-state index contributed by atoms with van der Waals surface area (Å²) in [5, 5.41) is 11.0. The Morgan fingerprint density at radius 2 is 2.21 bits per heavy atom. The number of benzene rings is 1. The van der Waals surface area contributed by atoms with Crippen LogP contribution >= 0.6 is 11.6 Å². The minimum absolute atomic E-state index is 0.0582. The minimum Gasteiger partial charge on any atom is -0.485 e. The maximum atomic E-state index is 10.7. The van der Waals surface area contributed by atoms with Crippen LogP contribution in [0.3, 0.4) is 0 Å². The third-order valence-corrected chi connectivity index (χ3v) is 2.92. The van der Waals surface area contributed by atoms with Crippen molar-refractivity contribution in [3.63, 3.8) is 0 Å². The lowest BCUT2D eigenvalue weighted by Crippen LogP contribution is -2.01. The highest BCUT2D eigenvalue weighted by Crippen LogP contribution is 2.29. The van der Waals surface area contributed by atoms with Crippen molar-refractivity contribution in [1.82, 2.24) is 4.98 Å². The van der Waals surface area contributed by atoms with Gasteiger partial charge >= 0.3 is 0 Å². The van der Waals surface area contributed by atoms with Gasteiger partial charge in [-0.15, -0.1) is 0 Å². The molecule has 2 aromatic rings. The second-order valence-electron chi connectivity index (χ2n) is 3.93. The molecule has 5 nitrogen and oxygen atoms in total. The van der Waals surface area contributed by atoms with Gasteiger partial charge in [0.05, 0.1) is 21.7 Å². The van der Waals surface area contributed by atoms with Crippen molar-refractivity contribution in [3.8, 4) is 5.75 Å². The van der Waals surface area contributed by atoms with E-state index in [1.54, 1.807) is 6.20 Å². The Morgan fingerprint density at radius 3 is 2.89 bits per heavy atom. The van der Waals surface area contributed by atoms with Gasteiger partial charge in [-0.3, -0.25) is 15.1 Å². The highest BCUT2D eigenvalue weighted by Gasteiger charge is 2.11. The van der Waals surface area contributed by atoms with E-state index in [0.29, 0.717) is 5.02 Å². The molecule has 1 aromatic heterocycles. The summed E-state index contributed by atoms with van der Waals surface area (Å²) in [5.41, 5.74) is 1.70. The molecule has 0 amide bonds. The van der Waals surface area contributed by atoms with E-state index in [-0.39, 0.29) is 18.0 Å². The average Bonchev–Trinajstić information content (AvgIpc) is 2.39. The van der Waals surface area contributed by atoms with Crippen molar-refractivity contribution in [2.24, 2.45) is 0 Å². The molecule has 0 aliphatic heterocycles. The molecule has 6 heteroatoms. The number of ether oxygens (including phenoxy) is 1. The maximum Gasteiger partial charge on any atom is 0.273 e. The van der Waals surface area contributed by atoms with Crippen LogP contribution < -0.4 is 4.74 Å². The Hall–Kier alpha value is -2.14. The third kappa shape index (κ3) is 3.20. The summed E-state index contributed by atoms with van der Waals surface area (Å²) >= 11 is 5.94. The van der Waals surface area contributed by atoms with Gasteiger partial charge in [0.25, 0.3) is 5.69 Å². The van der Waals surface area contributed by atoms with Gasteiger partial charge in [0.1, 0.15) is 12.4 Å². The van der Waals surface area contributed by atoms with Crippen molar-refractivity contribution in [2.75, 3.05) is 0 Å². The lowest BCUT2D eigenvalue weighted by atomic mass is 10.2. The van der Waals surface area contributed by atoms with Crippen LogP contribution in [0, 0.1) is 17.0 Å². The molecule has 0 radical (unpaired) electrons. The van der Waals surface area contributed by atoms with Gasteiger partial charge in [0.15, 0.2) is 0 Å². The molecule has 98 valence electrons. The largest absolute Gasteiger partial charge is 0.485 e.